The number of anilines is 1. The van der Waals surface area contributed by atoms with E-state index in [9.17, 15) is 9.59 Å². The summed E-state index contributed by atoms with van der Waals surface area (Å²) in [5, 5.41) is 6.89. The Morgan fingerprint density at radius 3 is 2.74 bits per heavy atom. The molecule has 0 atom stereocenters. The number of carbonyl (C=O) groups excluding carboxylic acids is 1. The summed E-state index contributed by atoms with van der Waals surface area (Å²) < 4.78 is 3.78. The number of nitrogens with one attached hydrogen (secondary N) is 2. The molecule has 1 fully saturated rings. The summed E-state index contributed by atoms with van der Waals surface area (Å²) in [6.45, 7) is 5.05. The summed E-state index contributed by atoms with van der Waals surface area (Å²) >= 11 is 1.11. The molecule has 0 aromatic carbocycles. The molecular weight excluding hydrogens is 316 g/mol. The first-order valence-electron chi connectivity index (χ1n) is 7.45. The Morgan fingerprint density at radius 1 is 1.39 bits per heavy atom. The van der Waals surface area contributed by atoms with Crippen molar-refractivity contribution in [3.8, 4) is 0 Å². The summed E-state index contributed by atoms with van der Waals surface area (Å²) in [5.41, 5.74) is 1.22. The predicted molar refractivity (Wildman–Crippen MR) is 86.9 cm³/mol. The van der Waals surface area contributed by atoms with Gasteiger partial charge in [-0.15, -0.1) is 5.10 Å². The molecule has 2 aromatic heterocycles. The molecule has 1 aliphatic heterocycles. The van der Waals surface area contributed by atoms with Crippen LogP contribution in [0.1, 0.15) is 33.9 Å². The average molecular weight is 334 g/mol. The zero-order valence-corrected chi connectivity index (χ0v) is 13.8. The number of nitrogens with zero attached hydrogens (tertiary/aromatic N) is 4. The first-order chi connectivity index (χ1) is 11.0. The number of H-pyrrole nitrogens is 1. The lowest BCUT2D eigenvalue weighted by atomic mass is 10.1. The molecule has 1 amide bonds. The van der Waals surface area contributed by atoms with Crippen molar-refractivity contribution in [1.82, 2.24) is 24.9 Å². The van der Waals surface area contributed by atoms with Crippen LogP contribution in [-0.2, 0) is 0 Å². The number of aromatic nitrogens is 4. The molecule has 0 unspecified atom stereocenters. The summed E-state index contributed by atoms with van der Waals surface area (Å²) in [5.74, 6) is 0.486. The minimum absolute atomic E-state index is 0.108. The van der Waals surface area contributed by atoms with Crippen molar-refractivity contribution in [2.45, 2.75) is 32.7 Å². The van der Waals surface area contributed by atoms with E-state index in [1.165, 1.54) is 6.07 Å². The van der Waals surface area contributed by atoms with E-state index in [0.29, 0.717) is 22.2 Å². The standard InChI is InChI=1S/C14H18N6O2S/c1-8-7-11(21)17-14(15-8)20-5-3-10(4-6-20)16-13(22)12-9(2)18-19-23-12/h7,10H,3-6H2,1-2H3,(H,16,22)(H,15,17,21). The number of aromatic amines is 1. The number of rotatable bonds is 3. The van der Waals surface area contributed by atoms with E-state index in [0.717, 1.165) is 37.5 Å². The zero-order chi connectivity index (χ0) is 16.4. The number of hydrogen-bond acceptors (Lipinski definition) is 7. The Bertz CT molecular complexity index is 763. The summed E-state index contributed by atoms with van der Waals surface area (Å²) in [6, 6.07) is 1.58. The van der Waals surface area contributed by atoms with Crippen molar-refractivity contribution in [3.05, 3.63) is 32.7 Å². The van der Waals surface area contributed by atoms with Gasteiger partial charge in [0.2, 0.25) is 5.95 Å². The second-order valence-corrected chi connectivity index (χ2v) is 6.39. The number of aryl methyl sites for hydroxylation is 2. The molecule has 23 heavy (non-hydrogen) atoms. The van der Waals surface area contributed by atoms with Crippen LogP contribution in [0.5, 0.6) is 0 Å². The maximum atomic E-state index is 12.2. The van der Waals surface area contributed by atoms with Crippen LogP contribution in [0.4, 0.5) is 5.95 Å². The van der Waals surface area contributed by atoms with Gasteiger partial charge < -0.3 is 10.2 Å². The lowest BCUT2D eigenvalue weighted by Crippen LogP contribution is -2.45. The molecule has 1 aliphatic rings. The van der Waals surface area contributed by atoms with Gasteiger partial charge in [0, 0.05) is 30.9 Å². The smallest absolute Gasteiger partial charge is 0.265 e. The number of piperidine rings is 1. The lowest BCUT2D eigenvalue weighted by molar-refractivity contribution is 0.0934. The molecule has 2 aromatic rings. The highest BCUT2D eigenvalue weighted by atomic mass is 32.1. The molecular formula is C14H18N6O2S. The summed E-state index contributed by atoms with van der Waals surface area (Å²) in [7, 11) is 0. The van der Waals surface area contributed by atoms with Crippen molar-refractivity contribution in [2.75, 3.05) is 18.0 Å². The zero-order valence-electron chi connectivity index (χ0n) is 13.0. The van der Waals surface area contributed by atoms with Crippen LogP contribution in [0.15, 0.2) is 10.9 Å². The Kier molecular flexibility index (Phi) is 4.37. The maximum Gasteiger partial charge on any atom is 0.265 e. The maximum absolute atomic E-state index is 12.2. The van der Waals surface area contributed by atoms with Crippen LogP contribution >= 0.6 is 11.5 Å². The molecule has 122 valence electrons. The van der Waals surface area contributed by atoms with Crippen molar-refractivity contribution in [2.24, 2.45) is 0 Å². The molecule has 2 N–H and O–H groups in total. The van der Waals surface area contributed by atoms with E-state index in [1.807, 2.05) is 4.90 Å². The second-order valence-electron chi connectivity index (χ2n) is 5.63. The van der Waals surface area contributed by atoms with E-state index < -0.39 is 0 Å². The van der Waals surface area contributed by atoms with Gasteiger partial charge >= 0.3 is 0 Å². The van der Waals surface area contributed by atoms with E-state index >= 15 is 0 Å². The van der Waals surface area contributed by atoms with Crippen molar-refractivity contribution in [1.29, 1.82) is 0 Å². The lowest BCUT2D eigenvalue weighted by Gasteiger charge is -2.32. The molecule has 0 spiro atoms. The molecule has 0 radical (unpaired) electrons. The third kappa shape index (κ3) is 3.55. The van der Waals surface area contributed by atoms with Crippen LogP contribution in [0.3, 0.4) is 0 Å². The Labute approximate surface area is 137 Å². The minimum Gasteiger partial charge on any atom is -0.348 e. The SMILES string of the molecule is Cc1cc(=O)[nH]c(N2CCC(NC(=O)c3snnc3C)CC2)n1. The summed E-state index contributed by atoms with van der Waals surface area (Å²) in [6.07, 6.45) is 1.60. The highest BCUT2D eigenvalue weighted by molar-refractivity contribution is 7.08. The quantitative estimate of drug-likeness (QED) is 0.853. The van der Waals surface area contributed by atoms with Gasteiger partial charge in [-0.2, -0.15) is 0 Å². The van der Waals surface area contributed by atoms with Gasteiger partial charge in [0.15, 0.2) is 0 Å². The molecule has 0 saturated carbocycles. The van der Waals surface area contributed by atoms with E-state index in [-0.39, 0.29) is 17.5 Å². The molecule has 3 heterocycles. The fraction of sp³-hybridized carbons (Fsp3) is 0.500. The molecule has 8 nitrogen and oxygen atoms in total. The van der Waals surface area contributed by atoms with E-state index in [4.69, 9.17) is 0 Å². The first-order valence-corrected chi connectivity index (χ1v) is 8.23. The van der Waals surface area contributed by atoms with Gasteiger partial charge in [-0.1, -0.05) is 4.49 Å². The first kappa shape index (κ1) is 15.6. The number of amides is 1. The van der Waals surface area contributed by atoms with E-state index in [1.54, 1.807) is 13.8 Å². The Balaban J connectivity index is 1.59. The van der Waals surface area contributed by atoms with Crippen molar-refractivity contribution < 1.29 is 4.79 Å². The molecule has 3 rings (SSSR count). The topological polar surface area (TPSA) is 104 Å². The monoisotopic (exact) mass is 334 g/mol. The normalized spacial score (nSPS) is 15.7. The van der Waals surface area contributed by atoms with E-state index in [2.05, 4.69) is 24.9 Å². The van der Waals surface area contributed by atoms with Crippen LogP contribution in [-0.4, -0.2) is 44.6 Å². The van der Waals surface area contributed by atoms with Gasteiger partial charge in [0.05, 0.1) is 5.69 Å². The summed E-state index contributed by atoms with van der Waals surface area (Å²) in [4.78, 5) is 33.4. The van der Waals surface area contributed by atoms with Crippen LogP contribution in [0.2, 0.25) is 0 Å². The molecule has 0 bridgehead atoms. The Morgan fingerprint density at radius 2 is 2.13 bits per heavy atom. The number of hydrogen-bond donors (Lipinski definition) is 2. The van der Waals surface area contributed by atoms with Crippen LogP contribution < -0.4 is 15.8 Å². The van der Waals surface area contributed by atoms with Gasteiger partial charge in [-0.05, 0) is 38.2 Å². The highest BCUT2D eigenvalue weighted by Gasteiger charge is 2.24. The molecule has 1 saturated heterocycles. The fourth-order valence-electron chi connectivity index (χ4n) is 2.64. The molecule has 9 heteroatoms. The third-order valence-corrected chi connectivity index (χ3v) is 4.67. The predicted octanol–water partition coefficient (Wildman–Crippen LogP) is 0.637. The largest absolute Gasteiger partial charge is 0.348 e. The van der Waals surface area contributed by atoms with Gasteiger partial charge in [-0.3, -0.25) is 14.6 Å². The Hall–Kier alpha value is -2.29. The van der Waals surface area contributed by atoms with Gasteiger partial charge in [0.25, 0.3) is 11.5 Å². The average Bonchev–Trinajstić information content (AvgIpc) is 2.93. The van der Waals surface area contributed by atoms with Gasteiger partial charge in [0.1, 0.15) is 4.88 Å². The minimum atomic E-state index is -0.143. The molecule has 0 aliphatic carbocycles. The fourth-order valence-corrected chi connectivity index (χ4v) is 3.20. The van der Waals surface area contributed by atoms with Crippen molar-refractivity contribution >= 4 is 23.4 Å². The third-order valence-electron chi connectivity index (χ3n) is 3.84. The second kappa shape index (κ2) is 6.45. The number of carbonyl (C=O) groups is 1. The van der Waals surface area contributed by atoms with Gasteiger partial charge in [-0.25, -0.2) is 4.98 Å². The van der Waals surface area contributed by atoms with Crippen LogP contribution in [0, 0.1) is 13.8 Å². The van der Waals surface area contributed by atoms with Crippen molar-refractivity contribution in [3.63, 3.8) is 0 Å². The van der Waals surface area contributed by atoms with Crippen LogP contribution in [0.25, 0.3) is 0 Å². The highest BCUT2D eigenvalue weighted by Crippen LogP contribution is 2.17.